The number of hydrogen-bond donors (Lipinski definition) is 0. The van der Waals surface area contributed by atoms with Crippen molar-refractivity contribution in [2.45, 2.75) is 59.3 Å². The molecule has 0 amide bonds. The van der Waals surface area contributed by atoms with Crippen molar-refractivity contribution < 1.29 is 9.53 Å². The number of carbonyl (C=O) groups is 1. The molecule has 0 aliphatic heterocycles. The van der Waals surface area contributed by atoms with Crippen molar-refractivity contribution in [1.29, 1.82) is 0 Å². The van der Waals surface area contributed by atoms with E-state index in [-0.39, 0.29) is 5.97 Å². The lowest BCUT2D eigenvalue weighted by molar-refractivity contribution is 0.0734. The second-order valence-corrected chi connectivity index (χ2v) is 8.20. The fourth-order valence-electron chi connectivity index (χ4n) is 3.37. The van der Waals surface area contributed by atoms with Crippen LogP contribution in [0.4, 0.5) is 0 Å². The normalized spacial score (nSPS) is 11.8. The molecule has 0 aliphatic rings. The first-order valence-electron chi connectivity index (χ1n) is 11.3. The Hall–Kier alpha value is -3.01. The second-order valence-electron chi connectivity index (χ2n) is 8.20. The zero-order valence-corrected chi connectivity index (χ0v) is 18.8. The predicted octanol–water partition coefficient (Wildman–Crippen LogP) is 6.68. The smallest absolute Gasteiger partial charge is 0.343 e. The van der Waals surface area contributed by atoms with Crippen LogP contribution in [0.25, 0.3) is 11.4 Å². The van der Waals surface area contributed by atoms with E-state index in [4.69, 9.17) is 4.74 Å². The third kappa shape index (κ3) is 6.74. The summed E-state index contributed by atoms with van der Waals surface area (Å²) in [6.07, 6.45) is 10.6. The molecule has 0 N–H and O–H groups in total. The number of ether oxygens (including phenoxy) is 1. The highest BCUT2D eigenvalue weighted by molar-refractivity contribution is 5.91. The molecule has 0 bridgehead atoms. The lowest BCUT2D eigenvalue weighted by Gasteiger charge is -2.09. The predicted molar refractivity (Wildman–Crippen MR) is 125 cm³/mol. The van der Waals surface area contributed by atoms with E-state index < -0.39 is 0 Å². The average Bonchev–Trinajstić information content (AvgIpc) is 2.81. The molecule has 162 valence electrons. The molecule has 0 saturated heterocycles. The molecular formula is C27H32N2O2. The number of aromatic nitrogens is 2. The van der Waals surface area contributed by atoms with Gasteiger partial charge in [0.1, 0.15) is 5.75 Å². The van der Waals surface area contributed by atoms with Crippen molar-refractivity contribution in [3.63, 3.8) is 0 Å². The van der Waals surface area contributed by atoms with Crippen molar-refractivity contribution in [1.82, 2.24) is 9.97 Å². The van der Waals surface area contributed by atoms with E-state index in [0.717, 1.165) is 36.8 Å². The summed E-state index contributed by atoms with van der Waals surface area (Å²) in [5.41, 5.74) is 3.80. The second kappa shape index (κ2) is 11.4. The van der Waals surface area contributed by atoms with Crippen LogP contribution in [0.15, 0.2) is 60.9 Å². The van der Waals surface area contributed by atoms with E-state index in [1.54, 1.807) is 12.1 Å². The van der Waals surface area contributed by atoms with E-state index in [9.17, 15) is 4.79 Å². The molecule has 0 fully saturated rings. The van der Waals surface area contributed by atoms with E-state index in [0.29, 0.717) is 23.1 Å². The van der Waals surface area contributed by atoms with Gasteiger partial charge in [0.15, 0.2) is 5.82 Å². The van der Waals surface area contributed by atoms with Gasteiger partial charge in [0.2, 0.25) is 0 Å². The minimum absolute atomic E-state index is 0.367. The van der Waals surface area contributed by atoms with Crippen LogP contribution >= 0.6 is 0 Å². The quantitative estimate of drug-likeness (QED) is 0.210. The number of benzene rings is 2. The Balaban J connectivity index is 1.58. The molecule has 4 heteroatoms. The summed E-state index contributed by atoms with van der Waals surface area (Å²) in [6.45, 7) is 6.64. The molecule has 3 aromatic rings. The van der Waals surface area contributed by atoms with Crippen LogP contribution in [0.1, 0.15) is 67.9 Å². The Morgan fingerprint density at radius 1 is 0.903 bits per heavy atom. The van der Waals surface area contributed by atoms with Crippen LogP contribution in [0.2, 0.25) is 0 Å². The van der Waals surface area contributed by atoms with E-state index >= 15 is 0 Å². The van der Waals surface area contributed by atoms with Crippen LogP contribution in [0.5, 0.6) is 5.75 Å². The summed E-state index contributed by atoms with van der Waals surface area (Å²) in [5.74, 6) is 1.50. The fraction of sp³-hybridized carbons (Fsp3) is 0.370. The number of carbonyl (C=O) groups excluding carboxylic acids is 1. The molecule has 0 spiro atoms. The number of hydrogen-bond acceptors (Lipinski definition) is 4. The van der Waals surface area contributed by atoms with Gasteiger partial charge in [0, 0.05) is 18.0 Å². The molecule has 1 aromatic heterocycles. The van der Waals surface area contributed by atoms with Gasteiger partial charge in [-0.05, 0) is 60.6 Å². The monoisotopic (exact) mass is 416 g/mol. The third-order valence-electron chi connectivity index (χ3n) is 5.57. The maximum absolute atomic E-state index is 12.5. The molecule has 31 heavy (non-hydrogen) atoms. The lowest BCUT2D eigenvalue weighted by Crippen LogP contribution is -2.08. The highest BCUT2D eigenvalue weighted by atomic mass is 16.5. The maximum Gasteiger partial charge on any atom is 0.343 e. The number of rotatable bonds is 10. The summed E-state index contributed by atoms with van der Waals surface area (Å²) in [5, 5.41) is 0. The maximum atomic E-state index is 12.5. The van der Waals surface area contributed by atoms with Gasteiger partial charge in [0.25, 0.3) is 0 Å². The lowest BCUT2D eigenvalue weighted by atomic mass is 9.99. The Morgan fingerprint density at radius 3 is 2.19 bits per heavy atom. The van der Waals surface area contributed by atoms with Crippen molar-refractivity contribution in [2.24, 2.45) is 5.92 Å². The van der Waals surface area contributed by atoms with Gasteiger partial charge in [-0.25, -0.2) is 14.8 Å². The minimum Gasteiger partial charge on any atom is -0.423 e. The zero-order chi connectivity index (χ0) is 22.1. The van der Waals surface area contributed by atoms with Crippen LogP contribution in [-0.2, 0) is 12.8 Å². The van der Waals surface area contributed by atoms with E-state index in [1.165, 1.54) is 18.4 Å². The summed E-state index contributed by atoms with van der Waals surface area (Å²) in [6, 6.07) is 15.0. The molecule has 4 nitrogen and oxygen atoms in total. The molecule has 0 saturated carbocycles. The number of esters is 1. The van der Waals surface area contributed by atoms with Crippen molar-refractivity contribution in [3.05, 3.63) is 77.6 Å². The summed E-state index contributed by atoms with van der Waals surface area (Å²) < 4.78 is 5.52. The largest absolute Gasteiger partial charge is 0.423 e. The molecule has 1 atom stereocenters. The number of unbranched alkanes of at least 4 members (excludes halogenated alkanes) is 2. The van der Waals surface area contributed by atoms with Gasteiger partial charge < -0.3 is 4.74 Å². The first-order valence-corrected chi connectivity index (χ1v) is 11.3. The summed E-state index contributed by atoms with van der Waals surface area (Å²) >= 11 is 0. The van der Waals surface area contributed by atoms with Gasteiger partial charge in [-0.2, -0.15) is 0 Å². The average molecular weight is 417 g/mol. The van der Waals surface area contributed by atoms with Crippen molar-refractivity contribution >= 4 is 5.97 Å². The number of nitrogens with zero attached hydrogens (tertiary/aromatic N) is 2. The summed E-state index contributed by atoms with van der Waals surface area (Å²) in [7, 11) is 0. The van der Waals surface area contributed by atoms with Gasteiger partial charge in [-0.15, -0.1) is 0 Å². The zero-order valence-electron chi connectivity index (χ0n) is 18.8. The minimum atomic E-state index is -0.367. The molecule has 0 radical (unpaired) electrons. The Kier molecular flexibility index (Phi) is 8.34. The Morgan fingerprint density at radius 2 is 1.58 bits per heavy atom. The van der Waals surface area contributed by atoms with Crippen LogP contribution in [0, 0.1) is 5.92 Å². The van der Waals surface area contributed by atoms with E-state index in [2.05, 4.69) is 30.7 Å². The topological polar surface area (TPSA) is 52.1 Å². The highest BCUT2D eigenvalue weighted by Crippen LogP contribution is 2.20. The summed E-state index contributed by atoms with van der Waals surface area (Å²) in [4.78, 5) is 21.4. The Bertz CT molecular complexity index is 948. The molecule has 3 rings (SSSR count). The van der Waals surface area contributed by atoms with Crippen LogP contribution in [0.3, 0.4) is 0 Å². The third-order valence-corrected chi connectivity index (χ3v) is 5.57. The van der Waals surface area contributed by atoms with Gasteiger partial charge in [-0.1, -0.05) is 64.3 Å². The van der Waals surface area contributed by atoms with Crippen LogP contribution < -0.4 is 4.74 Å². The molecule has 1 heterocycles. The van der Waals surface area contributed by atoms with Crippen molar-refractivity contribution in [2.75, 3.05) is 0 Å². The van der Waals surface area contributed by atoms with Gasteiger partial charge in [0.05, 0.1) is 5.56 Å². The van der Waals surface area contributed by atoms with Crippen LogP contribution in [-0.4, -0.2) is 15.9 Å². The van der Waals surface area contributed by atoms with Crippen molar-refractivity contribution in [3.8, 4) is 17.1 Å². The van der Waals surface area contributed by atoms with E-state index in [1.807, 2.05) is 48.8 Å². The molecule has 2 aromatic carbocycles. The molecule has 0 unspecified atom stereocenters. The van der Waals surface area contributed by atoms with Gasteiger partial charge >= 0.3 is 5.97 Å². The SMILES string of the molecule is CCCCCc1cnc(-c2ccc(C(=O)Oc3ccc(C[C@@H](C)CC)cc3)cc2)nc1. The first-order chi connectivity index (χ1) is 15.1. The number of aryl methyl sites for hydroxylation is 1. The Labute approximate surface area is 185 Å². The molecular weight excluding hydrogens is 384 g/mol. The molecule has 0 aliphatic carbocycles. The first kappa shape index (κ1) is 22.7. The van der Waals surface area contributed by atoms with Gasteiger partial charge in [-0.3, -0.25) is 0 Å². The standard InChI is InChI=1S/C27H32N2O2/c1-4-6-7-8-22-18-28-26(29-19-22)23-11-13-24(14-12-23)27(30)31-25-15-9-21(10-16-25)17-20(3)5-2/h9-16,18-20H,4-8,17H2,1-3H3/t20-/m0/s1. The fourth-order valence-corrected chi connectivity index (χ4v) is 3.37. The highest BCUT2D eigenvalue weighted by Gasteiger charge is 2.10.